The largest absolute Gasteiger partial charge is 0.294 e. The number of rotatable bonds is 5. The Morgan fingerprint density at radius 2 is 1.88 bits per heavy atom. The van der Waals surface area contributed by atoms with Crippen molar-refractivity contribution in [3.8, 4) is 0 Å². The molecule has 0 bridgehead atoms. The van der Waals surface area contributed by atoms with Crippen LogP contribution in [0.4, 0.5) is 0 Å². The fraction of sp³-hybridized carbons (Fsp3) is 0.357. The van der Waals surface area contributed by atoms with E-state index >= 15 is 0 Å². The van der Waals surface area contributed by atoms with Gasteiger partial charge in [-0.25, -0.2) is 0 Å². The summed E-state index contributed by atoms with van der Waals surface area (Å²) in [6.45, 7) is 9.73. The van der Waals surface area contributed by atoms with Crippen LogP contribution >= 0.6 is 11.8 Å². The molecule has 1 nitrogen and oxygen atoms in total. The number of carbonyl (C=O) groups is 1. The lowest BCUT2D eigenvalue weighted by molar-refractivity contribution is 0.0939. The second kappa shape index (κ2) is 5.90. The first-order valence-corrected chi connectivity index (χ1v) is 6.40. The van der Waals surface area contributed by atoms with E-state index in [9.17, 15) is 4.79 Å². The van der Waals surface area contributed by atoms with E-state index in [1.807, 2.05) is 45.0 Å². The molecular formula is C14H18OS. The molecule has 2 heteroatoms. The molecule has 0 heterocycles. The second-order valence-corrected chi connectivity index (χ2v) is 5.34. The Bertz CT molecular complexity index is 376. The summed E-state index contributed by atoms with van der Waals surface area (Å²) < 4.78 is 0. The third-order valence-electron chi connectivity index (χ3n) is 2.15. The summed E-state index contributed by atoms with van der Waals surface area (Å²) in [7, 11) is 0. The monoisotopic (exact) mass is 234 g/mol. The summed E-state index contributed by atoms with van der Waals surface area (Å²) in [6.07, 6.45) is 0. The Morgan fingerprint density at radius 3 is 2.31 bits per heavy atom. The first-order chi connectivity index (χ1) is 7.50. The zero-order valence-electron chi connectivity index (χ0n) is 10.1. The topological polar surface area (TPSA) is 17.1 Å². The van der Waals surface area contributed by atoms with Crippen molar-refractivity contribution in [2.75, 3.05) is 5.75 Å². The number of carbonyl (C=O) groups excluding carboxylic acids is 1. The van der Waals surface area contributed by atoms with Gasteiger partial charge < -0.3 is 0 Å². The average molecular weight is 234 g/mol. The van der Waals surface area contributed by atoms with E-state index in [4.69, 9.17) is 0 Å². The molecule has 0 aliphatic rings. The highest BCUT2D eigenvalue weighted by atomic mass is 32.2. The molecule has 0 amide bonds. The summed E-state index contributed by atoms with van der Waals surface area (Å²) in [5, 5.41) is 0. The molecule has 1 rings (SSSR count). The maximum atomic E-state index is 11.7. The molecule has 16 heavy (non-hydrogen) atoms. The number of hydrogen-bond donors (Lipinski definition) is 0. The van der Waals surface area contributed by atoms with Crippen molar-refractivity contribution in [3.05, 3.63) is 42.0 Å². The molecule has 0 atom stereocenters. The van der Waals surface area contributed by atoms with E-state index in [2.05, 4.69) is 6.58 Å². The van der Waals surface area contributed by atoms with Crippen LogP contribution in [-0.2, 0) is 0 Å². The van der Waals surface area contributed by atoms with Gasteiger partial charge in [-0.3, -0.25) is 4.79 Å². The van der Waals surface area contributed by atoms with Gasteiger partial charge in [-0.2, -0.15) is 0 Å². The van der Waals surface area contributed by atoms with E-state index in [0.29, 0.717) is 0 Å². The molecule has 1 aromatic carbocycles. The van der Waals surface area contributed by atoms with Gasteiger partial charge in [-0.05, 0) is 19.1 Å². The molecule has 0 spiro atoms. The van der Waals surface area contributed by atoms with E-state index in [0.717, 1.165) is 16.9 Å². The molecular weight excluding hydrogens is 216 g/mol. The predicted molar refractivity (Wildman–Crippen MR) is 71.1 cm³/mol. The summed E-state index contributed by atoms with van der Waals surface area (Å²) in [4.78, 5) is 12.9. The lowest BCUT2D eigenvalue weighted by atomic mass is 10.0. The Balaban J connectivity index is 2.68. The minimum Gasteiger partial charge on any atom is -0.294 e. The van der Waals surface area contributed by atoms with Crippen molar-refractivity contribution in [3.63, 3.8) is 0 Å². The van der Waals surface area contributed by atoms with Crippen molar-refractivity contribution >= 4 is 17.5 Å². The van der Waals surface area contributed by atoms with Gasteiger partial charge in [0.25, 0.3) is 0 Å². The Labute approximate surface area is 102 Å². The third-order valence-corrected chi connectivity index (χ3v) is 3.39. The van der Waals surface area contributed by atoms with Crippen LogP contribution in [0.5, 0.6) is 0 Å². The van der Waals surface area contributed by atoms with Crippen molar-refractivity contribution in [1.29, 1.82) is 0 Å². The standard InChI is InChI=1S/C14H18OS/c1-10(2)9-16-13-7-5-12(6-8-13)14(15)11(3)4/h5-8,11H,1,9H2,2-4H3. The highest BCUT2D eigenvalue weighted by Crippen LogP contribution is 2.21. The lowest BCUT2D eigenvalue weighted by Crippen LogP contribution is -2.06. The summed E-state index contributed by atoms with van der Waals surface area (Å²) in [6, 6.07) is 7.82. The van der Waals surface area contributed by atoms with Crippen LogP contribution in [0.15, 0.2) is 41.3 Å². The molecule has 0 saturated carbocycles. The molecule has 86 valence electrons. The summed E-state index contributed by atoms with van der Waals surface area (Å²) >= 11 is 1.75. The van der Waals surface area contributed by atoms with Crippen LogP contribution in [0.3, 0.4) is 0 Å². The Hall–Kier alpha value is -1.02. The number of ketones is 1. The molecule has 0 radical (unpaired) electrons. The average Bonchev–Trinajstić information content (AvgIpc) is 2.26. The van der Waals surface area contributed by atoms with Crippen molar-refractivity contribution in [1.82, 2.24) is 0 Å². The van der Waals surface area contributed by atoms with E-state index < -0.39 is 0 Å². The smallest absolute Gasteiger partial charge is 0.165 e. The molecule has 0 unspecified atom stereocenters. The van der Waals surface area contributed by atoms with E-state index in [1.165, 1.54) is 4.90 Å². The van der Waals surface area contributed by atoms with E-state index in [1.54, 1.807) is 11.8 Å². The zero-order valence-corrected chi connectivity index (χ0v) is 10.9. The number of Topliss-reactive ketones (excluding diaryl/α,β-unsaturated/α-hetero) is 1. The maximum Gasteiger partial charge on any atom is 0.165 e. The minimum atomic E-state index is 0.0638. The maximum absolute atomic E-state index is 11.7. The highest BCUT2D eigenvalue weighted by molar-refractivity contribution is 7.99. The van der Waals surface area contributed by atoms with Crippen LogP contribution < -0.4 is 0 Å². The van der Waals surface area contributed by atoms with Crippen molar-refractivity contribution in [2.45, 2.75) is 25.7 Å². The number of thioether (sulfide) groups is 1. The highest BCUT2D eigenvalue weighted by Gasteiger charge is 2.09. The first kappa shape index (κ1) is 13.0. The molecule has 0 aromatic heterocycles. The Kier molecular flexibility index (Phi) is 4.81. The molecule has 0 aliphatic heterocycles. The van der Waals surface area contributed by atoms with Crippen LogP contribution in [0.25, 0.3) is 0 Å². The number of benzene rings is 1. The van der Waals surface area contributed by atoms with Crippen molar-refractivity contribution in [2.24, 2.45) is 5.92 Å². The van der Waals surface area contributed by atoms with Gasteiger partial charge in [0.15, 0.2) is 5.78 Å². The molecule has 0 fully saturated rings. The second-order valence-electron chi connectivity index (χ2n) is 4.29. The van der Waals surface area contributed by atoms with Gasteiger partial charge >= 0.3 is 0 Å². The third kappa shape index (κ3) is 3.86. The minimum absolute atomic E-state index is 0.0638. The van der Waals surface area contributed by atoms with Crippen molar-refractivity contribution < 1.29 is 4.79 Å². The summed E-state index contributed by atoms with van der Waals surface area (Å²) in [5.41, 5.74) is 1.96. The normalized spacial score (nSPS) is 10.5. The fourth-order valence-corrected chi connectivity index (χ4v) is 2.00. The van der Waals surface area contributed by atoms with Crippen LogP contribution in [0.1, 0.15) is 31.1 Å². The van der Waals surface area contributed by atoms with Gasteiger partial charge in [0, 0.05) is 22.1 Å². The van der Waals surface area contributed by atoms with E-state index in [-0.39, 0.29) is 11.7 Å². The number of hydrogen-bond acceptors (Lipinski definition) is 2. The Morgan fingerprint density at radius 1 is 1.31 bits per heavy atom. The molecule has 1 aromatic rings. The lowest BCUT2D eigenvalue weighted by Gasteiger charge is -2.05. The quantitative estimate of drug-likeness (QED) is 0.431. The predicted octanol–water partition coefficient (Wildman–Crippen LogP) is 4.19. The fourth-order valence-electron chi connectivity index (χ4n) is 1.26. The molecule has 0 saturated heterocycles. The van der Waals surface area contributed by atoms with Gasteiger partial charge in [-0.15, -0.1) is 11.8 Å². The zero-order chi connectivity index (χ0) is 12.1. The first-order valence-electron chi connectivity index (χ1n) is 5.42. The summed E-state index contributed by atoms with van der Waals surface area (Å²) in [5.74, 6) is 1.20. The molecule has 0 aliphatic carbocycles. The van der Waals surface area contributed by atoms with Crippen LogP contribution in [0, 0.1) is 5.92 Å². The van der Waals surface area contributed by atoms with Gasteiger partial charge in [0.1, 0.15) is 0 Å². The van der Waals surface area contributed by atoms with Gasteiger partial charge in [0.2, 0.25) is 0 Å². The SMILES string of the molecule is C=C(C)CSc1ccc(C(=O)C(C)C)cc1. The van der Waals surface area contributed by atoms with Crippen LogP contribution in [0.2, 0.25) is 0 Å². The van der Waals surface area contributed by atoms with Crippen LogP contribution in [-0.4, -0.2) is 11.5 Å². The van der Waals surface area contributed by atoms with Gasteiger partial charge in [0.05, 0.1) is 0 Å². The molecule has 0 N–H and O–H groups in total. The van der Waals surface area contributed by atoms with Gasteiger partial charge in [-0.1, -0.05) is 38.1 Å².